The molecule has 15 heavy (non-hydrogen) atoms. The van der Waals surface area contributed by atoms with Gasteiger partial charge >= 0.3 is 7.60 Å². The summed E-state index contributed by atoms with van der Waals surface area (Å²) in [6.45, 7) is 1.35. The Balaban J connectivity index is 3.71. The average Bonchev–Trinajstić information content (AvgIpc) is 1.99. The summed E-state index contributed by atoms with van der Waals surface area (Å²) in [5, 5.41) is -0.660. The van der Waals surface area contributed by atoms with E-state index < -0.39 is 27.9 Å². The van der Waals surface area contributed by atoms with Crippen LogP contribution >= 0.6 is 7.60 Å². The third-order valence-corrected chi connectivity index (χ3v) is 3.99. The van der Waals surface area contributed by atoms with E-state index in [1.54, 1.807) is 0 Å². The van der Waals surface area contributed by atoms with Gasteiger partial charge in [0.2, 0.25) is 0 Å². The molecule has 84 valence electrons. The molecule has 0 saturated heterocycles. The van der Waals surface area contributed by atoms with Crippen LogP contribution in [0.4, 0.5) is 0 Å². The molecule has 3 N–H and O–H groups in total. The van der Waals surface area contributed by atoms with E-state index in [1.807, 2.05) is 0 Å². The molecule has 0 heterocycles. The van der Waals surface area contributed by atoms with Gasteiger partial charge in [-0.15, -0.1) is 0 Å². The van der Waals surface area contributed by atoms with Crippen LogP contribution in [0.5, 0.6) is 0 Å². The second kappa shape index (κ2) is 3.70. The predicted octanol–water partition coefficient (Wildman–Crippen LogP) is 0.0447. The highest BCUT2D eigenvalue weighted by Gasteiger charge is 2.29. The number of hydrogen-bond donors (Lipinski definition) is 3. The predicted molar refractivity (Wildman–Crippen MR) is 52.7 cm³/mol. The maximum absolute atomic E-state index is 11.0. The molecule has 0 radical (unpaired) electrons. The van der Waals surface area contributed by atoms with Crippen LogP contribution < -0.4 is 5.30 Å². The van der Waals surface area contributed by atoms with Gasteiger partial charge in [-0.25, -0.2) is 0 Å². The van der Waals surface area contributed by atoms with Crippen molar-refractivity contribution < 1.29 is 27.3 Å². The third-order valence-electron chi connectivity index (χ3n) is 1.77. The van der Waals surface area contributed by atoms with E-state index >= 15 is 0 Å². The number of aryl methyl sites for hydroxylation is 1. The molecule has 1 rings (SSSR count). The van der Waals surface area contributed by atoms with E-state index in [4.69, 9.17) is 14.3 Å². The summed E-state index contributed by atoms with van der Waals surface area (Å²) in [6.07, 6.45) is 0. The summed E-state index contributed by atoms with van der Waals surface area (Å²) in [5.41, 5.74) is 0.110. The Bertz CT molecular complexity index is 528. The van der Waals surface area contributed by atoms with E-state index in [0.29, 0.717) is 0 Å². The van der Waals surface area contributed by atoms with Crippen LogP contribution in [0.25, 0.3) is 0 Å². The van der Waals surface area contributed by atoms with Crippen LogP contribution in [0.15, 0.2) is 23.1 Å². The molecule has 8 heteroatoms. The van der Waals surface area contributed by atoms with Crippen LogP contribution in [-0.4, -0.2) is 22.8 Å². The Morgan fingerprint density at radius 1 is 1.27 bits per heavy atom. The monoisotopic (exact) mass is 252 g/mol. The number of hydrogen-bond acceptors (Lipinski definition) is 3. The Hall–Kier alpha value is -0.720. The zero-order valence-corrected chi connectivity index (χ0v) is 9.36. The first-order valence-electron chi connectivity index (χ1n) is 3.77. The summed E-state index contributed by atoms with van der Waals surface area (Å²) < 4.78 is 41.6. The summed E-state index contributed by atoms with van der Waals surface area (Å²) >= 11 is 0. The molecule has 0 aliphatic carbocycles. The van der Waals surface area contributed by atoms with Gasteiger partial charge < -0.3 is 9.79 Å². The normalized spacial score (nSPS) is 12.8. The van der Waals surface area contributed by atoms with Gasteiger partial charge in [-0.1, -0.05) is 12.1 Å². The van der Waals surface area contributed by atoms with Crippen LogP contribution in [0.1, 0.15) is 5.56 Å². The molecular weight excluding hydrogens is 243 g/mol. The molecule has 1 aromatic carbocycles. The first-order chi connectivity index (χ1) is 6.64. The van der Waals surface area contributed by atoms with Gasteiger partial charge in [0.25, 0.3) is 10.1 Å². The van der Waals surface area contributed by atoms with Gasteiger partial charge in [0.1, 0.15) is 4.90 Å². The zero-order valence-electron chi connectivity index (χ0n) is 7.65. The SMILES string of the molecule is Cc1cccc(S(=O)(=O)O)c1P(=O)(O)O. The standard InChI is InChI=1S/C7H9O6PS/c1-5-3-2-4-6(15(11,12)13)7(5)14(8,9)10/h2-4H,1H3,(H2,8,9,10)(H,11,12,13). The van der Waals surface area contributed by atoms with Gasteiger partial charge in [0, 0.05) is 0 Å². The lowest BCUT2D eigenvalue weighted by Crippen LogP contribution is -2.18. The van der Waals surface area contributed by atoms with Gasteiger partial charge in [0.05, 0.1) is 5.30 Å². The molecule has 0 aliphatic heterocycles. The van der Waals surface area contributed by atoms with Crippen molar-refractivity contribution in [3.05, 3.63) is 23.8 Å². The second-order valence-corrected chi connectivity index (χ2v) is 5.87. The van der Waals surface area contributed by atoms with Crippen molar-refractivity contribution in [2.75, 3.05) is 0 Å². The first kappa shape index (κ1) is 12.4. The molecule has 6 nitrogen and oxygen atoms in total. The zero-order chi connectivity index (χ0) is 11.9. The molecule has 0 unspecified atom stereocenters. The lowest BCUT2D eigenvalue weighted by molar-refractivity contribution is 0.385. The van der Waals surface area contributed by atoms with Gasteiger partial charge in [-0.05, 0) is 18.6 Å². The van der Waals surface area contributed by atoms with Crippen LogP contribution in [-0.2, 0) is 14.7 Å². The van der Waals surface area contributed by atoms with Gasteiger partial charge in [-0.3, -0.25) is 9.12 Å². The summed E-state index contributed by atoms with van der Waals surface area (Å²) in [7, 11) is -9.36. The molecule has 0 amide bonds. The molecule has 1 aromatic rings. The molecule has 0 fully saturated rings. The maximum Gasteiger partial charge on any atom is 0.357 e. The Morgan fingerprint density at radius 2 is 1.80 bits per heavy atom. The van der Waals surface area contributed by atoms with Crippen molar-refractivity contribution in [2.45, 2.75) is 11.8 Å². The molecule has 0 spiro atoms. The summed E-state index contributed by atoms with van der Waals surface area (Å²) in [5.74, 6) is 0. The fourth-order valence-corrected chi connectivity index (χ4v) is 3.47. The highest BCUT2D eigenvalue weighted by molar-refractivity contribution is 7.86. The summed E-state index contributed by atoms with van der Waals surface area (Å²) in [4.78, 5) is 17.1. The first-order valence-corrected chi connectivity index (χ1v) is 6.82. The largest absolute Gasteiger partial charge is 0.357 e. The minimum absolute atomic E-state index is 0.110. The lowest BCUT2D eigenvalue weighted by atomic mass is 10.2. The minimum atomic E-state index is -4.73. The quantitative estimate of drug-likeness (QED) is 0.506. The van der Waals surface area contributed by atoms with E-state index in [9.17, 15) is 13.0 Å². The Labute approximate surface area is 86.5 Å². The van der Waals surface area contributed by atoms with Crippen molar-refractivity contribution in [2.24, 2.45) is 0 Å². The lowest BCUT2D eigenvalue weighted by Gasteiger charge is -2.11. The molecule has 0 saturated carbocycles. The Kier molecular flexibility index (Phi) is 3.04. The Morgan fingerprint density at radius 3 is 2.13 bits per heavy atom. The van der Waals surface area contributed by atoms with E-state index in [2.05, 4.69) is 0 Å². The molecule has 0 aliphatic rings. The number of benzene rings is 1. The smallest absolute Gasteiger partial charge is 0.321 e. The van der Waals surface area contributed by atoms with E-state index in [-0.39, 0.29) is 5.56 Å². The van der Waals surface area contributed by atoms with Crippen molar-refractivity contribution in [3.8, 4) is 0 Å². The van der Waals surface area contributed by atoms with Crippen molar-refractivity contribution in [1.29, 1.82) is 0 Å². The summed E-state index contributed by atoms with van der Waals surface area (Å²) in [6, 6.07) is 3.58. The van der Waals surface area contributed by atoms with Gasteiger partial charge in [0.15, 0.2) is 0 Å². The topological polar surface area (TPSA) is 112 Å². The van der Waals surface area contributed by atoms with Crippen molar-refractivity contribution in [1.82, 2.24) is 0 Å². The highest BCUT2D eigenvalue weighted by atomic mass is 32.2. The number of rotatable bonds is 2. The van der Waals surface area contributed by atoms with Crippen molar-refractivity contribution in [3.63, 3.8) is 0 Å². The highest BCUT2D eigenvalue weighted by Crippen LogP contribution is 2.37. The minimum Gasteiger partial charge on any atom is -0.321 e. The maximum atomic E-state index is 11.0. The average molecular weight is 252 g/mol. The van der Waals surface area contributed by atoms with Crippen LogP contribution in [0, 0.1) is 6.92 Å². The van der Waals surface area contributed by atoms with Crippen LogP contribution in [0.3, 0.4) is 0 Å². The van der Waals surface area contributed by atoms with Gasteiger partial charge in [-0.2, -0.15) is 8.42 Å². The van der Waals surface area contributed by atoms with Crippen LogP contribution in [0.2, 0.25) is 0 Å². The van der Waals surface area contributed by atoms with Crippen molar-refractivity contribution >= 4 is 23.0 Å². The molecular formula is C7H9O6PS. The fourth-order valence-electron chi connectivity index (χ4n) is 1.21. The molecule has 0 aromatic heterocycles. The van der Waals surface area contributed by atoms with E-state index in [1.165, 1.54) is 19.1 Å². The third kappa shape index (κ3) is 2.64. The molecule has 0 bridgehead atoms. The second-order valence-electron chi connectivity index (χ2n) is 2.94. The fraction of sp³-hybridized carbons (Fsp3) is 0.143. The molecule has 0 atom stereocenters. The van der Waals surface area contributed by atoms with E-state index in [0.717, 1.165) is 6.07 Å².